The van der Waals surface area contributed by atoms with Crippen molar-refractivity contribution in [2.45, 2.75) is 51.1 Å². The second-order valence-corrected chi connectivity index (χ2v) is 6.34. The summed E-state index contributed by atoms with van der Waals surface area (Å²) < 4.78 is 14.2. The van der Waals surface area contributed by atoms with Crippen LogP contribution in [-0.4, -0.2) is 23.5 Å². The molecule has 2 unspecified atom stereocenters. The van der Waals surface area contributed by atoms with Crippen LogP contribution in [0.25, 0.3) is 0 Å². The van der Waals surface area contributed by atoms with Gasteiger partial charge in [0.15, 0.2) is 0 Å². The molecule has 1 heterocycles. The van der Waals surface area contributed by atoms with Crippen molar-refractivity contribution in [3.05, 3.63) is 34.6 Å². The number of likely N-dealkylation sites (tertiary alicyclic amines) is 1. The molecule has 1 aliphatic heterocycles. The Morgan fingerprint density at radius 1 is 1.35 bits per heavy atom. The van der Waals surface area contributed by atoms with Crippen molar-refractivity contribution in [1.29, 1.82) is 0 Å². The van der Waals surface area contributed by atoms with Crippen molar-refractivity contribution in [3.8, 4) is 0 Å². The van der Waals surface area contributed by atoms with E-state index < -0.39 is 0 Å². The molecule has 0 spiro atoms. The van der Waals surface area contributed by atoms with Gasteiger partial charge >= 0.3 is 0 Å². The molecule has 1 fully saturated rings. The molecule has 0 amide bonds. The summed E-state index contributed by atoms with van der Waals surface area (Å²) in [5, 5.41) is 0.412. The second kappa shape index (κ2) is 6.42. The standard InChI is InChI=1S/C16H24ClFN2/c1-3-16(2,20-9-5-4-6-10-20)15(19)13-8-7-12(17)11-14(13)18/h7-8,11,15H,3-6,9-10,19H2,1-2H3. The zero-order valence-electron chi connectivity index (χ0n) is 12.3. The van der Waals surface area contributed by atoms with Crippen LogP contribution < -0.4 is 5.73 Å². The highest BCUT2D eigenvalue weighted by molar-refractivity contribution is 6.30. The Morgan fingerprint density at radius 2 is 2.00 bits per heavy atom. The van der Waals surface area contributed by atoms with Gasteiger partial charge in [0.1, 0.15) is 5.82 Å². The van der Waals surface area contributed by atoms with E-state index in [0.717, 1.165) is 19.5 Å². The summed E-state index contributed by atoms with van der Waals surface area (Å²) in [6.07, 6.45) is 4.58. The average molecular weight is 299 g/mol. The average Bonchev–Trinajstić information content (AvgIpc) is 2.46. The molecular formula is C16H24ClFN2. The lowest BCUT2D eigenvalue weighted by atomic mass is 9.82. The van der Waals surface area contributed by atoms with E-state index in [2.05, 4.69) is 18.7 Å². The fraction of sp³-hybridized carbons (Fsp3) is 0.625. The van der Waals surface area contributed by atoms with E-state index in [1.54, 1.807) is 12.1 Å². The number of hydrogen-bond donors (Lipinski definition) is 1. The molecule has 0 aromatic heterocycles. The fourth-order valence-electron chi connectivity index (χ4n) is 3.13. The van der Waals surface area contributed by atoms with Crippen LogP contribution in [0.4, 0.5) is 4.39 Å². The summed E-state index contributed by atoms with van der Waals surface area (Å²) in [5.41, 5.74) is 6.79. The van der Waals surface area contributed by atoms with E-state index in [0.29, 0.717) is 10.6 Å². The Hall–Kier alpha value is -0.640. The predicted molar refractivity (Wildman–Crippen MR) is 82.5 cm³/mol. The Labute approximate surface area is 126 Å². The molecule has 2 rings (SSSR count). The quantitative estimate of drug-likeness (QED) is 0.905. The van der Waals surface area contributed by atoms with Gasteiger partial charge in [0.25, 0.3) is 0 Å². The first kappa shape index (κ1) is 15.7. The molecule has 1 saturated heterocycles. The van der Waals surface area contributed by atoms with Crippen molar-refractivity contribution >= 4 is 11.6 Å². The third kappa shape index (κ3) is 3.00. The van der Waals surface area contributed by atoms with E-state index in [1.165, 1.54) is 25.3 Å². The van der Waals surface area contributed by atoms with E-state index in [4.69, 9.17) is 17.3 Å². The molecule has 4 heteroatoms. The van der Waals surface area contributed by atoms with Gasteiger partial charge < -0.3 is 5.73 Å². The third-order valence-electron chi connectivity index (χ3n) is 4.76. The molecule has 0 radical (unpaired) electrons. The molecule has 0 aliphatic carbocycles. The molecule has 0 saturated carbocycles. The Balaban J connectivity index is 2.29. The van der Waals surface area contributed by atoms with Gasteiger partial charge in [0.2, 0.25) is 0 Å². The van der Waals surface area contributed by atoms with E-state index >= 15 is 0 Å². The number of halogens is 2. The topological polar surface area (TPSA) is 29.3 Å². The highest BCUT2D eigenvalue weighted by atomic mass is 35.5. The first-order valence-electron chi connectivity index (χ1n) is 7.44. The molecule has 1 aliphatic rings. The minimum Gasteiger partial charge on any atom is -0.322 e. The maximum Gasteiger partial charge on any atom is 0.129 e. The molecular weight excluding hydrogens is 275 g/mol. The van der Waals surface area contributed by atoms with Crippen LogP contribution in [-0.2, 0) is 0 Å². The molecule has 2 N–H and O–H groups in total. The minimum atomic E-state index is -0.345. The molecule has 0 bridgehead atoms. The summed E-state index contributed by atoms with van der Waals surface area (Å²) >= 11 is 5.83. The van der Waals surface area contributed by atoms with Crippen molar-refractivity contribution in [2.24, 2.45) is 5.73 Å². The lowest BCUT2D eigenvalue weighted by Crippen LogP contribution is -2.54. The highest BCUT2D eigenvalue weighted by Gasteiger charge is 2.38. The second-order valence-electron chi connectivity index (χ2n) is 5.90. The van der Waals surface area contributed by atoms with Crippen LogP contribution in [0.5, 0.6) is 0 Å². The van der Waals surface area contributed by atoms with E-state index in [-0.39, 0.29) is 17.4 Å². The van der Waals surface area contributed by atoms with Crippen LogP contribution in [0.3, 0.4) is 0 Å². The van der Waals surface area contributed by atoms with Gasteiger partial charge in [-0.25, -0.2) is 4.39 Å². The van der Waals surface area contributed by atoms with Crippen molar-refractivity contribution in [2.75, 3.05) is 13.1 Å². The van der Waals surface area contributed by atoms with Crippen LogP contribution in [0, 0.1) is 5.82 Å². The summed E-state index contributed by atoms with van der Waals surface area (Å²) in [6.45, 7) is 6.37. The fourth-order valence-corrected chi connectivity index (χ4v) is 3.29. The van der Waals surface area contributed by atoms with Gasteiger partial charge in [-0.15, -0.1) is 0 Å². The SMILES string of the molecule is CCC(C)(C(N)c1ccc(Cl)cc1F)N1CCCCC1. The summed E-state index contributed by atoms with van der Waals surface area (Å²) in [5.74, 6) is -0.304. The molecule has 2 nitrogen and oxygen atoms in total. The van der Waals surface area contributed by atoms with Crippen LogP contribution in [0.1, 0.15) is 51.1 Å². The lowest BCUT2D eigenvalue weighted by Gasteiger charge is -2.47. The van der Waals surface area contributed by atoms with Gasteiger partial charge in [-0.1, -0.05) is 31.0 Å². The highest BCUT2D eigenvalue weighted by Crippen LogP contribution is 2.35. The number of rotatable bonds is 4. The van der Waals surface area contributed by atoms with E-state index in [9.17, 15) is 4.39 Å². The molecule has 20 heavy (non-hydrogen) atoms. The van der Waals surface area contributed by atoms with Gasteiger partial charge in [-0.3, -0.25) is 4.90 Å². The molecule has 1 aromatic carbocycles. The number of benzene rings is 1. The van der Waals surface area contributed by atoms with Crippen molar-refractivity contribution in [3.63, 3.8) is 0 Å². The largest absolute Gasteiger partial charge is 0.322 e. The number of nitrogens with zero attached hydrogens (tertiary/aromatic N) is 1. The van der Waals surface area contributed by atoms with Gasteiger partial charge in [-0.05, 0) is 51.4 Å². The van der Waals surface area contributed by atoms with Gasteiger partial charge in [-0.2, -0.15) is 0 Å². The van der Waals surface area contributed by atoms with E-state index in [1.807, 2.05) is 0 Å². The maximum absolute atomic E-state index is 14.2. The number of piperidine rings is 1. The summed E-state index contributed by atoms with van der Waals surface area (Å²) in [6, 6.07) is 4.44. The molecule has 1 aromatic rings. The van der Waals surface area contributed by atoms with Crippen molar-refractivity contribution < 1.29 is 4.39 Å². The summed E-state index contributed by atoms with van der Waals surface area (Å²) in [7, 11) is 0. The predicted octanol–water partition coefficient (Wildman–Crippen LogP) is 4.13. The minimum absolute atomic E-state index is 0.213. The molecule has 112 valence electrons. The van der Waals surface area contributed by atoms with Crippen molar-refractivity contribution in [1.82, 2.24) is 4.90 Å². The molecule has 2 atom stereocenters. The Bertz CT molecular complexity index is 460. The normalized spacial score (nSPS) is 21.4. The van der Waals surface area contributed by atoms with Crippen LogP contribution in [0.15, 0.2) is 18.2 Å². The maximum atomic E-state index is 14.2. The monoisotopic (exact) mass is 298 g/mol. The number of hydrogen-bond acceptors (Lipinski definition) is 2. The Kier molecular flexibility index (Phi) is 5.05. The smallest absolute Gasteiger partial charge is 0.129 e. The first-order valence-corrected chi connectivity index (χ1v) is 7.82. The summed E-state index contributed by atoms with van der Waals surface area (Å²) in [4.78, 5) is 2.43. The first-order chi connectivity index (χ1) is 9.49. The van der Waals surface area contributed by atoms with Crippen LogP contribution in [0.2, 0.25) is 5.02 Å². The Morgan fingerprint density at radius 3 is 2.55 bits per heavy atom. The van der Waals surface area contributed by atoms with Crippen LogP contribution >= 0.6 is 11.6 Å². The zero-order valence-corrected chi connectivity index (χ0v) is 13.1. The number of nitrogens with two attached hydrogens (primary N) is 1. The zero-order chi connectivity index (χ0) is 14.8. The van der Waals surface area contributed by atoms with Gasteiger partial charge in [0.05, 0.1) is 6.04 Å². The third-order valence-corrected chi connectivity index (χ3v) is 5.00. The van der Waals surface area contributed by atoms with Gasteiger partial charge in [0, 0.05) is 16.1 Å². The lowest BCUT2D eigenvalue weighted by molar-refractivity contribution is 0.0533.